The van der Waals surface area contributed by atoms with E-state index in [1.165, 1.54) is 24.8 Å². The lowest BCUT2D eigenvalue weighted by molar-refractivity contribution is 0.220. The predicted molar refractivity (Wildman–Crippen MR) is 178 cm³/mol. The minimum Gasteiger partial charge on any atom is -0.384 e. The molecule has 7 nitrogen and oxygen atoms in total. The maximum Gasteiger partial charge on any atom is 0.125 e. The highest BCUT2D eigenvalue weighted by Gasteiger charge is 2.16. The van der Waals surface area contributed by atoms with Crippen molar-refractivity contribution in [1.82, 2.24) is 30.0 Å². The molecule has 0 amide bonds. The van der Waals surface area contributed by atoms with Crippen LogP contribution in [0.1, 0.15) is 24.8 Å². The van der Waals surface area contributed by atoms with E-state index in [-0.39, 0.29) is 5.82 Å². The van der Waals surface area contributed by atoms with Crippen LogP contribution in [-0.2, 0) is 6.54 Å². The molecule has 3 aromatic heterocycles. The van der Waals surface area contributed by atoms with Gasteiger partial charge < -0.3 is 15.2 Å². The second-order valence-electron chi connectivity index (χ2n) is 12.2. The number of hydrogen-bond donors (Lipinski definition) is 3. The number of halogens is 1. The first-order valence-electron chi connectivity index (χ1n) is 15.5. The molecule has 8 heteroatoms. The summed E-state index contributed by atoms with van der Waals surface area (Å²) in [6.07, 6.45) is 7.82. The van der Waals surface area contributed by atoms with Crippen molar-refractivity contribution in [3.05, 3.63) is 90.5 Å². The zero-order chi connectivity index (χ0) is 30.0. The summed E-state index contributed by atoms with van der Waals surface area (Å²) >= 11 is 0. The molecule has 0 aliphatic carbocycles. The molecule has 1 fully saturated rings. The van der Waals surface area contributed by atoms with Gasteiger partial charge >= 0.3 is 0 Å². The number of fused-ring (bicyclic) bond motifs is 2. The molecule has 4 heterocycles. The van der Waals surface area contributed by atoms with Crippen LogP contribution in [0.2, 0.25) is 0 Å². The summed E-state index contributed by atoms with van der Waals surface area (Å²) in [7, 11) is 4.05. The van der Waals surface area contributed by atoms with Gasteiger partial charge in [0.2, 0.25) is 0 Å². The average molecular weight is 588 g/mol. The van der Waals surface area contributed by atoms with Crippen molar-refractivity contribution in [1.29, 1.82) is 0 Å². The van der Waals surface area contributed by atoms with Crippen LogP contribution in [0.15, 0.2) is 79.1 Å². The normalized spacial score (nSPS) is 14.2. The van der Waals surface area contributed by atoms with Crippen LogP contribution in [-0.4, -0.2) is 70.2 Å². The Morgan fingerprint density at radius 2 is 1.75 bits per heavy atom. The summed E-state index contributed by atoms with van der Waals surface area (Å²) in [4.78, 5) is 12.8. The molecule has 0 unspecified atom stereocenters. The molecule has 1 saturated heterocycles. The summed E-state index contributed by atoms with van der Waals surface area (Å²) in [6, 6.07) is 22.1. The zero-order valence-electron chi connectivity index (χ0n) is 25.3. The minimum atomic E-state index is -0.261. The molecule has 7 rings (SSSR count). The molecule has 44 heavy (non-hydrogen) atoms. The number of likely N-dealkylation sites (N-methyl/N-ethyl adjacent to an activating group) is 1. The lowest BCUT2D eigenvalue weighted by Gasteiger charge is -2.26. The molecule has 0 bridgehead atoms. The molecule has 1 aliphatic rings. The number of nitrogens with zero attached hydrogens (tertiary/aromatic N) is 4. The van der Waals surface area contributed by atoms with E-state index in [4.69, 9.17) is 5.10 Å². The molecule has 1 aliphatic heterocycles. The van der Waals surface area contributed by atoms with E-state index in [1.807, 2.05) is 44.7 Å². The largest absolute Gasteiger partial charge is 0.384 e. The van der Waals surface area contributed by atoms with Crippen molar-refractivity contribution >= 4 is 27.5 Å². The van der Waals surface area contributed by atoms with Gasteiger partial charge in [-0.15, -0.1) is 0 Å². The van der Waals surface area contributed by atoms with Crippen molar-refractivity contribution in [2.45, 2.75) is 25.8 Å². The Balaban J connectivity index is 1.21. The quantitative estimate of drug-likeness (QED) is 0.163. The maximum atomic E-state index is 14.7. The Morgan fingerprint density at radius 3 is 2.61 bits per heavy atom. The molecule has 224 valence electrons. The topological polar surface area (TPSA) is 75.9 Å². The number of H-pyrrole nitrogens is 2. The number of rotatable bonds is 9. The van der Waals surface area contributed by atoms with E-state index in [0.29, 0.717) is 0 Å². The highest BCUT2D eigenvalue weighted by Crippen LogP contribution is 2.36. The lowest BCUT2D eigenvalue weighted by Crippen LogP contribution is -2.29. The van der Waals surface area contributed by atoms with E-state index >= 15 is 0 Å². The Bertz CT molecular complexity index is 1920. The number of likely N-dealkylation sites (tertiary alicyclic amines) is 1. The van der Waals surface area contributed by atoms with E-state index < -0.39 is 0 Å². The van der Waals surface area contributed by atoms with Gasteiger partial charge in [-0.1, -0.05) is 24.6 Å². The highest BCUT2D eigenvalue weighted by molar-refractivity contribution is 6.02. The second kappa shape index (κ2) is 12.2. The van der Waals surface area contributed by atoms with Gasteiger partial charge in [-0.2, -0.15) is 5.10 Å². The average Bonchev–Trinajstić information content (AvgIpc) is 3.65. The lowest BCUT2D eigenvalue weighted by atomic mass is 10.00. The van der Waals surface area contributed by atoms with Gasteiger partial charge in [0.15, 0.2) is 0 Å². The molecule has 0 saturated carbocycles. The first-order valence-corrected chi connectivity index (χ1v) is 15.5. The third-order valence-corrected chi connectivity index (χ3v) is 8.56. The first kappa shape index (κ1) is 28.3. The number of aromatic nitrogens is 4. The van der Waals surface area contributed by atoms with Gasteiger partial charge in [0.25, 0.3) is 0 Å². The number of aromatic amines is 2. The van der Waals surface area contributed by atoms with Gasteiger partial charge in [-0.3, -0.25) is 15.0 Å². The standard InChI is InChI=1S/C36H38FN7/c1-43(2)14-11-39-29-17-26(16-28(37)19-29)30-7-6-8-33-31(30)20-35(40-33)36-32-18-25(9-10-34(32)41-42-36)27-15-24(21-38-22-27)23-44-12-4-3-5-13-44/h6-10,15-22,39-40H,3-5,11-14,23H2,1-2H3,(H,41,42). The second-order valence-corrected chi connectivity index (χ2v) is 12.2. The molecule has 6 aromatic rings. The Hall–Kier alpha value is -4.53. The highest BCUT2D eigenvalue weighted by atomic mass is 19.1. The van der Waals surface area contributed by atoms with Gasteiger partial charge in [0.05, 0.1) is 11.2 Å². The van der Waals surface area contributed by atoms with Gasteiger partial charge in [0, 0.05) is 59.6 Å². The molecule has 0 atom stereocenters. The van der Waals surface area contributed by atoms with E-state index in [2.05, 4.69) is 66.6 Å². The third-order valence-electron chi connectivity index (χ3n) is 8.56. The van der Waals surface area contributed by atoms with E-state index in [9.17, 15) is 4.39 Å². The Kier molecular flexibility index (Phi) is 7.85. The molecule has 3 aromatic carbocycles. The number of nitrogens with one attached hydrogen (secondary N) is 3. The van der Waals surface area contributed by atoms with Crippen LogP contribution in [0, 0.1) is 5.82 Å². The summed E-state index contributed by atoms with van der Waals surface area (Å²) in [5, 5.41) is 13.3. The van der Waals surface area contributed by atoms with Crippen molar-refractivity contribution in [3.63, 3.8) is 0 Å². The number of hydrogen-bond acceptors (Lipinski definition) is 5. The van der Waals surface area contributed by atoms with Crippen molar-refractivity contribution < 1.29 is 4.39 Å². The number of piperidine rings is 1. The first-order chi connectivity index (χ1) is 21.5. The Labute approximate surface area is 257 Å². The van der Waals surface area contributed by atoms with Crippen LogP contribution >= 0.6 is 0 Å². The minimum absolute atomic E-state index is 0.261. The summed E-state index contributed by atoms with van der Waals surface area (Å²) in [6.45, 7) is 4.87. The summed E-state index contributed by atoms with van der Waals surface area (Å²) < 4.78 is 14.7. The van der Waals surface area contributed by atoms with Crippen LogP contribution in [0.25, 0.3) is 55.4 Å². The van der Waals surface area contributed by atoms with Gasteiger partial charge in [-0.05, 0) is 111 Å². The fraction of sp³-hybridized carbons (Fsp3) is 0.278. The third kappa shape index (κ3) is 5.96. The smallest absolute Gasteiger partial charge is 0.125 e. The molecule has 0 spiro atoms. The fourth-order valence-corrected chi connectivity index (χ4v) is 6.31. The fourth-order valence-electron chi connectivity index (χ4n) is 6.31. The summed E-state index contributed by atoms with van der Waals surface area (Å²) in [5.74, 6) is -0.261. The number of benzene rings is 3. The predicted octanol–water partition coefficient (Wildman–Crippen LogP) is 7.54. The molecule has 3 N–H and O–H groups in total. The summed E-state index contributed by atoms with van der Waals surface area (Å²) in [5.41, 5.74) is 9.75. The maximum absolute atomic E-state index is 14.7. The number of anilines is 1. The van der Waals surface area contributed by atoms with Crippen LogP contribution in [0.3, 0.4) is 0 Å². The van der Waals surface area contributed by atoms with Gasteiger partial charge in [-0.25, -0.2) is 4.39 Å². The van der Waals surface area contributed by atoms with E-state index in [0.717, 1.165) is 93.9 Å². The van der Waals surface area contributed by atoms with Crippen molar-refractivity contribution in [3.8, 4) is 33.6 Å². The van der Waals surface area contributed by atoms with Crippen molar-refractivity contribution in [2.75, 3.05) is 45.6 Å². The zero-order valence-corrected chi connectivity index (χ0v) is 25.3. The number of pyridine rings is 1. The molecule has 0 radical (unpaired) electrons. The molecular weight excluding hydrogens is 549 g/mol. The van der Waals surface area contributed by atoms with Crippen molar-refractivity contribution in [2.24, 2.45) is 0 Å². The SMILES string of the molecule is CN(C)CCNc1cc(F)cc(-c2cccc3[nH]c(-c4n[nH]c5ccc(-c6cncc(CN7CCCCC7)c6)cc45)cc23)c1. The monoisotopic (exact) mass is 587 g/mol. The van der Waals surface area contributed by atoms with Crippen LogP contribution in [0.5, 0.6) is 0 Å². The van der Waals surface area contributed by atoms with Crippen LogP contribution in [0.4, 0.5) is 10.1 Å². The van der Waals surface area contributed by atoms with Crippen LogP contribution < -0.4 is 5.32 Å². The van der Waals surface area contributed by atoms with E-state index in [1.54, 1.807) is 12.1 Å². The molecular formula is C36H38FN7. The Morgan fingerprint density at radius 1 is 0.864 bits per heavy atom. The van der Waals surface area contributed by atoms with Gasteiger partial charge in [0.1, 0.15) is 11.5 Å².